The van der Waals surface area contributed by atoms with Gasteiger partial charge in [-0.1, -0.05) is 0 Å². The van der Waals surface area contributed by atoms with Crippen LogP contribution in [0.2, 0.25) is 0 Å². The Labute approximate surface area is 105 Å². The molecule has 2 aromatic heterocycles. The summed E-state index contributed by atoms with van der Waals surface area (Å²) in [4.78, 5) is 11.6. The molecule has 0 aromatic carbocycles. The van der Waals surface area contributed by atoms with Gasteiger partial charge in [0.25, 0.3) is 0 Å². The molecule has 0 aliphatic carbocycles. The van der Waals surface area contributed by atoms with Crippen molar-refractivity contribution in [3.8, 4) is 0 Å². The molecular formula is C11H16N6O. The van der Waals surface area contributed by atoms with E-state index in [0.717, 1.165) is 5.69 Å². The summed E-state index contributed by atoms with van der Waals surface area (Å²) >= 11 is 0. The monoisotopic (exact) mass is 248 g/mol. The summed E-state index contributed by atoms with van der Waals surface area (Å²) in [6.07, 6.45) is 4.27. The van der Waals surface area contributed by atoms with E-state index < -0.39 is 0 Å². The first-order valence-electron chi connectivity index (χ1n) is 5.67. The van der Waals surface area contributed by atoms with Crippen LogP contribution in [-0.4, -0.2) is 32.0 Å². The third-order valence-corrected chi connectivity index (χ3v) is 2.44. The van der Waals surface area contributed by atoms with Crippen LogP contribution in [0.1, 0.15) is 5.69 Å². The molecule has 0 radical (unpaired) electrons. The molecule has 0 unspecified atom stereocenters. The molecule has 0 aliphatic heterocycles. The van der Waals surface area contributed by atoms with Gasteiger partial charge in [-0.3, -0.25) is 14.2 Å². The van der Waals surface area contributed by atoms with Crippen LogP contribution in [0.4, 0.5) is 5.82 Å². The fourth-order valence-electron chi connectivity index (χ4n) is 1.59. The van der Waals surface area contributed by atoms with Crippen molar-refractivity contribution in [2.24, 2.45) is 7.05 Å². The summed E-state index contributed by atoms with van der Waals surface area (Å²) in [5.41, 5.74) is 6.42. The highest BCUT2D eigenvalue weighted by Crippen LogP contribution is 1.96. The van der Waals surface area contributed by atoms with Gasteiger partial charge in [0.1, 0.15) is 12.4 Å². The van der Waals surface area contributed by atoms with Crippen molar-refractivity contribution in [3.05, 3.63) is 30.2 Å². The molecule has 0 bridgehead atoms. The van der Waals surface area contributed by atoms with Crippen molar-refractivity contribution in [2.45, 2.75) is 13.0 Å². The summed E-state index contributed by atoms with van der Waals surface area (Å²) in [6.45, 7) is 0.742. The Morgan fingerprint density at radius 1 is 1.39 bits per heavy atom. The number of nitrogen functional groups attached to an aromatic ring is 1. The van der Waals surface area contributed by atoms with Crippen LogP contribution in [0.3, 0.4) is 0 Å². The van der Waals surface area contributed by atoms with Gasteiger partial charge < -0.3 is 11.1 Å². The van der Waals surface area contributed by atoms with Crippen LogP contribution >= 0.6 is 0 Å². The van der Waals surface area contributed by atoms with Gasteiger partial charge in [-0.05, 0) is 12.1 Å². The number of hydrogen-bond donors (Lipinski definition) is 2. The predicted octanol–water partition coefficient (Wildman–Crippen LogP) is -0.442. The number of anilines is 1. The number of nitrogens with zero attached hydrogens (tertiary/aromatic N) is 4. The molecule has 0 saturated carbocycles. The molecule has 0 saturated heterocycles. The Morgan fingerprint density at radius 3 is 2.83 bits per heavy atom. The molecule has 0 atom stereocenters. The van der Waals surface area contributed by atoms with E-state index in [1.165, 1.54) is 4.68 Å². The van der Waals surface area contributed by atoms with Gasteiger partial charge in [-0.25, -0.2) is 0 Å². The predicted molar refractivity (Wildman–Crippen MR) is 66.6 cm³/mol. The number of nitrogens with two attached hydrogens (primary N) is 1. The van der Waals surface area contributed by atoms with Gasteiger partial charge in [-0.15, -0.1) is 0 Å². The molecule has 96 valence electrons. The van der Waals surface area contributed by atoms with Crippen LogP contribution < -0.4 is 11.1 Å². The van der Waals surface area contributed by atoms with Crippen molar-refractivity contribution in [1.29, 1.82) is 0 Å². The Hall–Kier alpha value is -2.31. The lowest BCUT2D eigenvalue weighted by Crippen LogP contribution is -2.29. The first-order chi connectivity index (χ1) is 8.63. The smallest absolute Gasteiger partial charge is 0.241 e. The molecule has 0 fully saturated rings. The van der Waals surface area contributed by atoms with Crippen molar-refractivity contribution in [2.75, 3.05) is 12.3 Å². The van der Waals surface area contributed by atoms with E-state index >= 15 is 0 Å². The fourth-order valence-corrected chi connectivity index (χ4v) is 1.59. The molecular weight excluding hydrogens is 232 g/mol. The second kappa shape index (κ2) is 5.35. The second-order valence-corrected chi connectivity index (χ2v) is 4.02. The summed E-state index contributed by atoms with van der Waals surface area (Å²) in [5.74, 6) is 0.324. The van der Waals surface area contributed by atoms with Crippen molar-refractivity contribution < 1.29 is 4.79 Å². The van der Waals surface area contributed by atoms with E-state index in [-0.39, 0.29) is 12.5 Å². The Bertz CT molecular complexity index is 529. The maximum Gasteiger partial charge on any atom is 0.241 e. The number of carbonyl (C=O) groups excluding carboxylic acids is 1. The zero-order valence-electron chi connectivity index (χ0n) is 10.2. The van der Waals surface area contributed by atoms with Gasteiger partial charge >= 0.3 is 0 Å². The maximum atomic E-state index is 11.6. The maximum absolute atomic E-state index is 11.6. The van der Waals surface area contributed by atoms with E-state index in [1.807, 2.05) is 19.3 Å². The quantitative estimate of drug-likeness (QED) is 0.750. The molecule has 2 rings (SSSR count). The molecule has 3 N–H and O–H groups in total. The Balaban J connectivity index is 1.72. The zero-order valence-corrected chi connectivity index (χ0v) is 10.2. The number of nitrogens with one attached hydrogen (secondary N) is 1. The first kappa shape index (κ1) is 12.2. The first-order valence-corrected chi connectivity index (χ1v) is 5.67. The van der Waals surface area contributed by atoms with Crippen LogP contribution in [0.25, 0.3) is 0 Å². The van der Waals surface area contributed by atoms with Gasteiger partial charge in [0.2, 0.25) is 5.91 Å². The van der Waals surface area contributed by atoms with Crippen LogP contribution in [0.15, 0.2) is 24.5 Å². The molecule has 7 heteroatoms. The third-order valence-electron chi connectivity index (χ3n) is 2.44. The van der Waals surface area contributed by atoms with E-state index in [4.69, 9.17) is 5.73 Å². The van der Waals surface area contributed by atoms with Gasteiger partial charge in [0.05, 0.1) is 5.69 Å². The number of carbonyl (C=O) groups is 1. The third kappa shape index (κ3) is 3.34. The normalized spacial score (nSPS) is 10.5. The minimum Gasteiger partial charge on any atom is -0.382 e. The van der Waals surface area contributed by atoms with E-state index in [2.05, 4.69) is 15.5 Å². The molecule has 1 amide bonds. The summed E-state index contributed by atoms with van der Waals surface area (Å²) in [6, 6.07) is 3.58. The topological polar surface area (TPSA) is 90.8 Å². The molecule has 2 heterocycles. The van der Waals surface area contributed by atoms with Gasteiger partial charge in [-0.2, -0.15) is 10.2 Å². The number of aryl methyl sites for hydroxylation is 1. The van der Waals surface area contributed by atoms with Gasteiger partial charge in [0, 0.05) is 32.4 Å². The summed E-state index contributed by atoms with van der Waals surface area (Å²) in [5, 5.41) is 11.0. The minimum atomic E-state index is -0.0889. The number of hydrogen-bond acceptors (Lipinski definition) is 4. The molecule has 7 nitrogen and oxygen atoms in total. The lowest BCUT2D eigenvalue weighted by atomic mass is 10.3. The molecule has 2 aromatic rings. The Morgan fingerprint density at radius 2 is 2.22 bits per heavy atom. The Kier molecular flexibility index (Phi) is 3.61. The number of rotatable bonds is 5. The molecule has 18 heavy (non-hydrogen) atoms. The summed E-state index contributed by atoms with van der Waals surface area (Å²) < 4.78 is 3.25. The zero-order chi connectivity index (χ0) is 13.0. The summed E-state index contributed by atoms with van der Waals surface area (Å²) in [7, 11) is 1.87. The highest BCUT2D eigenvalue weighted by molar-refractivity contribution is 5.75. The van der Waals surface area contributed by atoms with Crippen LogP contribution in [0.5, 0.6) is 0 Å². The van der Waals surface area contributed by atoms with Crippen LogP contribution in [-0.2, 0) is 24.8 Å². The lowest BCUT2D eigenvalue weighted by Gasteiger charge is -2.04. The van der Waals surface area contributed by atoms with Crippen molar-refractivity contribution in [3.63, 3.8) is 0 Å². The van der Waals surface area contributed by atoms with E-state index in [1.54, 1.807) is 16.9 Å². The highest BCUT2D eigenvalue weighted by Gasteiger charge is 2.04. The largest absolute Gasteiger partial charge is 0.382 e. The lowest BCUT2D eigenvalue weighted by molar-refractivity contribution is -0.121. The standard InChI is InChI=1S/C11H16N6O/c1-16-6-3-9(14-16)2-5-13-11(18)8-17-7-4-10(12)15-17/h3-4,6-7H,2,5,8H2,1H3,(H2,12,15)(H,13,18). The molecule has 0 aliphatic rings. The average Bonchev–Trinajstić information content (AvgIpc) is 2.88. The number of aromatic nitrogens is 4. The second-order valence-electron chi connectivity index (χ2n) is 4.02. The van der Waals surface area contributed by atoms with Gasteiger partial charge in [0.15, 0.2) is 0 Å². The van der Waals surface area contributed by atoms with E-state index in [0.29, 0.717) is 18.8 Å². The van der Waals surface area contributed by atoms with E-state index in [9.17, 15) is 4.79 Å². The van der Waals surface area contributed by atoms with Crippen LogP contribution in [0, 0.1) is 0 Å². The number of amides is 1. The minimum absolute atomic E-state index is 0.0889. The SMILES string of the molecule is Cn1ccc(CCNC(=O)Cn2ccc(N)n2)n1. The fraction of sp³-hybridized carbons (Fsp3) is 0.364. The van der Waals surface area contributed by atoms with Crippen molar-refractivity contribution >= 4 is 11.7 Å². The van der Waals surface area contributed by atoms with Crippen molar-refractivity contribution in [1.82, 2.24) is 24.9 Å². The average molecular weight is 248 g/mol. The molecule has 0 spiro atoms. The highest BCUT2D eigenvalue weighted by atomic mass is 16.2.